The van der Waals surface area contributed by atoms with E-state index in [0.29, 0.717) is 0 Å². The van der Waals surface area contributed by atoms with E-state index in [0.717, 1.165) is 5.92 Å². The molecule has 2 rings (SSSR count). The van der Waals surface area contributed by atoms with Crippen molar-refractivity contribution in [3.8, 4) is 0 Å². The maximum absolute atomic E-state index is 6.17. The van der Waals surface area contributed by atoms with Crippen molar-refractivity contribution in [2.75, 3.05) is 0 Å². The Morgan fingerprint density at radius 3 is 2.50 bits per heavy atom. The molecule has 1 nitrogen and oxygen atoms in total. The number of halogens is 1. The van der Waals surface area contributed by atoms with Crippen molar-refractivity contribution in [1.29, 1.82) is 0 Å². The molecular weight excluding hydrogens is 194 g/mol. The summed E-state index contributed by atoms with van der Waals surface area (Å²) in [6.07, 6.45) is 2.63. The van der Waals surface area contributed by atoms with Crippen molar-refractivity contribution in [1.82, 2.24) is 0 Å². The molecule has 0 aliphatic heterocycles. The van der Waals surface area contributed by atoms with Gasteiger partial charge >= 0.3 is 0 Å². The molecule has 0 heterocycles. The van der Waals surface area contributed by atoms with Crippen LogP contribution in [0.3, 0.4) is 0 Å². The summed E-state index contributed by atoms with van der Waals surface area (Å²) in [5.74, 6) is 0.750. The van der Waals surface area contributed by atoms with Gasteiger partial charge in [0.25, 0.3) is 0 Å². The summed E-state index contributed by atoms with van der Waals surface area (Å²) < 4.78 is 0. The summed E-state index contributed by atoms with van der Waals surface area (Å²) in [6, 6.07) is 6.71. The number of benzene rings is 1. The molecule has 0 bridgehead atoms. The molecule has 2 heteroatoms. The third-order valence-electron chi connectivity index (χ3n) is 3.14. The summed E-state index contributed by atoms with van der Waals surface area (Å²) in [4.78, 5) is 0. The van der Waals surface area contributed by atoms with Gasteiger partial charge in [-0.15, -0.1) is 12.4 Å². The Morgan fingerprint density at radius 2 is 1.93 bits per heavy atom. The van der Waals surface area contributed by atoms with E-state index < -0.39 is 0 Å². The van der Waals surface area contributed by atoms with Crippen LogP contribution in [0.1, 0.15) is 35.6 Å². The first-order chi connectivity index (χ1) is 6.20. The number of rotatable bonds is 2. The molecule has 78 valence electrons. The number of hydrogen-bond donors (Lipinski definition) is 1. The molecule has 2 N–H and O–H groups in total. The van der Waals surface area contributed by atoms with Crippen LogP contribution in [0, 0.1) is 19.8 Å². The lowest BCUT2D eigenvalue weighted by molar-refractivity contribution is 0.629. The van der Waals surface area contributed by atoms with Gasteiger partial charge in [-0.25, -0.2) is 0 Å². The Bertz CT molecular complexity index is 318. The van der Waals surface area contributed by atoms with Crippen molar-refractivity contribution in [2.24, 2.45) is 11.7 Å². The van der Waals surface area contributed by atoms with Crippen LogP contribution in [0.15, 0.2) is 18.2 Å². The molecule has 1 aromatic rings. The molecule has 1 aliphatic carbocycles. The standard InChI is InChI=1S/C12H17N.ClH/c1-8-4-3-5-11(9(8)2)12(13)10-6-7-10;/h3-5,10,12H,6-7,13H2,1-2H3;1H/t12-;/m1./s1. The van der Waals surface area contributed by atoms with Crippen molar-refractivity contribution in [3.63, 3.8) is 0 Å². The third kappa shape index (κ3) is 2.10. The molecule has 0 amide bonds. The van der Waals surface area contributed by atoms with Gasteiger partial charge in [0, 0.05) is 6.04 Å². The quantitative estimate of drug-likeness (QED) is 0.799. The van der Waals surface area contributed by atoms with E-state index in [1.54, 1.807) is 0 Å². The van der Waals surface area contributed by atoms with E-state index in [1.165, 1.54) is 29.5 Å². The minimum absolute atomic E-state index is 0. The second-order valence-electron chi connectivity index (χ2n) is 4.15. The van der Waals surface area contributed by atoms with Gasteiger partial charge in [0.2, 0.25) is 0 Å². The maximum atomic E-state index is 6.17. The minimum atomic E-state index is 0. The molecule has 0 radical (unpaired) electrons. The minimum Gasteiger partial charge on any atom is -0.324 e. The summed E-state index contributed by atoms with van der Waals surface area (Å²) in [5.41, 5.74) is 10.3. The maximum Gasteiger partial charge on any atom is 0.0326 e. The van der Waals surface area contributed by atoms with E-state index in [9.17, 15) is 0 Å². The highest BCUT2D eigenvalue weighted by molar-refractivity contribution is 5.85. The Labute approximate surface area is 92.1 Å². The van der Waals surface area contributed by atoms with Gasteiger partial charge in [-0.05, 0) is 49.3 Å². The van der Waals surface area contributed by atoms with Gasteiger partial charge in [0.05, 0.1) is 0 Å². The molecule has 0 spiro atoms. The first kappa shape index (κ1) is 11.5. The van der Waals surface area contributed by atoms with Crippen LogP contribution in [0.2, 0.25) is 0 Å². The molecule has 1 saturated carbocycles. The van der Waals surface area contributed by atoms with Crippen LogP contribution in [0.4, 0.5) is 0 Å². The van der Waals surface area contributed by atoms with Gasteiger partial charge in [0.15, 0.2) is 0 Å². The second-order valence-corrected chi connectivity index (χ2v) is 4.15. The molecule has 1 atom stereocenters. The molecule has 1 aromatic carbocycles. The Balaban J connectivity index is 0.000000980. The zero-order valence-corrected chi connectivity index (χ0v) is 9.60. The molecular formula is C12H18ClN. The summed E-state index contributed by atoms with van der Waals surface area (Å²) in [7, 11) is 0. The Morgan fingerprint density at radius 1 is 1.29 bits per heavy atom. The summed E-state index contributed by atoms with van der Waals surface area (Å²) >= 11 is 0. The van der Waals surface area contributed by atoms with E-state index in [1.807, 2.05) is 0 Å². The Hall–Kier alpha value is -0.530. The monoisotopic (exact) mass is 211 g/mol. The van der Waals surface area contributed by atoms with E-state index in [4.69, 9.17) is 5.73 Å². The lowest BCUT2D eigenvalue weighted by Crippen LogP contribution is -2.14. The van der Waals surface area contributed by atoms with Crippen molar-refractivity contribution >= 4 is 12.4 Å². The van der Waals surface area contributed by atoms with E-state index in [-0.39, 0.29) is 18.4 Å². The lowest BCUT2D eigenvalue weighted by Gasteiger charge is -2.15. The lowest BCUT2D eigenvalue weighted by atomic mass is 9.95. The average molecular weight is 212 g/mol. The molecule has 1 fully saturated rings. The largest absolute Gasteiger partial charge is 0.324 e. The normalized spacial score (nSPS) is 17.4. The van der Waals surface area contributed by atoms with Crippen LogP contribution in [-0.4, -0.2) is 0 Å². The fourth-order valence-electron chi connectivity index (χ4n) is 1.84. The average Bonchev–Trinajstić information content (AvgIpc) is 2.91. The zero-order valence-electron chi connectivity index (χ0n) is 8.79. The zero-order chi connectivity index (χ0) is 9.42. The van der Waals surface area contributed by atoms with E-state index >= 15 is 0 Å². The van der Waals surface area contributed by atoms with Crippen LogP contribution < -0.4 is 5.73 Å². The fraction of sp³-hybridized carbons (Fsp3) is 0.500. The molecule has 0 unspecified atom stereocenters. The van der Waals surface area contributed by atoms with Crippen molar-refractivity contribution in [2.45, 2.75) is 32.7 Å². The summed E-state index contributed by atoms with van der Waals surface area (Å²) in [5, 5.41) is 0. The topological polar surface area (TPSA) is 26.0 Å². The number of hydrogen-bond acceptors (Lipinski definition) is 1. The highest BCUT2D eigenvalue weighted by Gasteiger charge is 2.30. The van der Waals surface area contributed by atoms with Crippen LogP contribution >= 0.6 is 12.4 Å². The molecule has 0 saturated heterocycles. The van der Waals surface area contributed by atoms with Gasteiger partial charge in [0.1, 0.15) is 0 Å². The van der Waals surface area contributed by atoms with Gasteiger partial charge in [-0.3, -0.25) is 0 Å². The predicted octanol–water partition coefficient (Wildman–Crippen LogP) is 3.14. The molecule has 0 aromatic heterocycles. The van der Waals surface area contributed by atoms with Crippen molar-refractivity contribution in [3.05, 3.63) is 34.9 Å². The van der Waals surface area contributed by atoms with Crippen LogP contribution in [0.25, 0.3) is 0 Å². The fourth-order valence-corrected chi connectivity index (χ4v) is 1.84. The highest BCUT2D eigenvalue weighted by atomic mass is 35.5. The first-order valence-electron chi connectivity index (χ1n) is 5.02. The van der Waals surface area contributed by atoms with Crippen LogP contribution in [0.5, 0.6) is 0 Å². The van der Waals surface area contributed by atoms with Crippen molar-refractivity contribution < 1.29 is 0 Å². The highest BCUT2D eigenvalue weighted by Crippen LogP contribution is 2.40. The van der Waals surface area contributed by atoms with Gasteiger partial charge < -0.3 is 5.73 Å². The van der Waals surface area contributed by atoms with E-state index in [2.05, 4.69) is 32.0 Å². The summed E-state index contributed by atoms with van der Waals surface area (Å²) in [6.45, 7) is 4.32. The smallest absolute Gasteiger partial charge is 0.0326 e. The molecule has 1 aliphatic rings. The predicted molar refractivity (Wildman–Crippen MR) is 62.8 cm³/mol. The Kier molecular flexibility index (Phi) is 3.57. The van der Waals surface area contributed by atoms with Crippen LogP contribution in [-0.2, 0) is 0 Å². The molecule has 14 heavy (non-hydrogen) atoms. The third-order valence-corrected chi connectivity index (χ3v) is 3.14. The first-order valence-corrected chi connectivity index (χ1v) is 5.02. The number of nitrogens with two attached hydrogens (primary N) is 1. The number of aryl methyl sites for hydroxylation is 1. The van der Waals surface area contributed by atoms with Gasteiger partial charge in [-0.2, -0.15) is 0 Å². The van der Waals surface area contributed by atoms with Gasteiger partial charge in [-0.1, -0.05) is 18.2 Å². The second kappa shape index (κ2) is 4.33. The SMILES string of the molecule is Cc1cccc([C@H](N)C2CC2)c1C.Cl.